The molecule has 0 amide bonds. The van der Waals surface area contributed by atoms with Gasteiger partial charge in [0.05, 0.1) is 13.2 Å². The first kappa shape index (κ1) is 16.5. The Morgan fingerprint density at radius 2 is 1.60 bits per heavy atom. The van der Waals surface area contributed by atoms with Gasteiger partial charge in [0.25, 0.3) is 0 Å². The van der Waals surface area contributed by atoms with Crippen molar-refractivity contribution in [2.24, 2.45) is 0 Å². The van der Waals surface area contributed by atoms with E-state index in [2.05, 4.69) is 0 Å². The zero-order valence-electron chi connectivity index (χ0n) is 12.7. The van der Waals surface area contributed by atoms with E-state index in [1.807, 2.05) is 13.8 Å². The van der Waals surface area contributed by atoms with E-state index >= 15 is 0 Å². The highest BCUT2D eigenvalue weighted by Crippen LogP contribution is 2.31. The van der Waals surface area contributed by atoms with Gasteiger partial charge in [-0.1, -0.05) is 13.8 Å². The lowest BCUT2D eigenvalue weighted by molar-refractivity contribution is 0.0277. The van der Waals surface area contributed by atoms with Gasteiger partial charge in [-0.25, -0.2) is 0 Å². The van der Waals surface area contributed by atoms with E-state index in [0.29, 0.717) is 43.1 Å². The molecule has 0 aromatic heterocycles. The molecule has 0 saturated heterocycles. The Balaban J connectivity index is 3.13. The minimum atomic E-state index is -1.31. The van der Waals surface area contributed by atoms with Crippen LogP contribution in [-0.2, 0) is 0 Å². The first-order valence-electron chi connectivity index (χ1n) is 7.19. The molecule has 1 aromatic carbocycles. The zero-order valence-corrected chi connectivity index (χ0v) is 12.7. The first-order chi connectivity index (χ1) is 9.52. The molecule has 1 rings (SSSR count). The summed E-state index contributed by atoms with van der Waals surface area (Å²) in [4.78, 5) is 12.4. The molecule has 112 valence electrons. The molecule has 0 heterocycles. The number of hydrogen-bond acceptors (Lipinski definition) is 4. The molecule has 0 aliphatic heterocycles. The lowest BCUT2D eigenvalue weighted by Gasteiger charge is -2.24. The Labute approximate surface area is 120 Å². The molecule has 0 aliphatic rings. The molecular weight excluding hydrogens is 256 g/mol. The molecule has 0 saturated carbocycles. The highest BCUT2D eigenvalue weighted by atomic mass is 16.5. The molecule has 20 heavy (non-hydrogen) atoms. The summed E-state index contributed by atoms with van der Waals surface area (Å²) >= 11 is 0. The molecule has 0 unspecified atom stereocenters. The summed E-state index contributed by atoms with van der Waals surface area (Å²) in [7, 11) is 0. The number of ketones is 1. The largest absolute Gasteiger partial charge is 0.490 e. The number of Topliss-reactive ketones (excluding diaryl/α,β-unsaturated/α-hetero) is 1. The SMILES string of the molecule is CCOc1ccc(C(=O)C(O)(CC)CC)cc1OCC. The van der Waals surface area contributed by atoms with Crippen LogP contribution in [0, 0.1) is 0 Å². The number of benzene rings is 1. The Morgan fingerprint density at radius 1 is 1.05 bits per heavy atom. The predicted octanol–water partition coefficient (Wildman–Crippen LogP) is 3.22. The summed E-state index contributed by atoms with van der Waals surface area (Å²) in [6.07, 6.45) is 0.777. The predicted molar refractivity (Wildman–Crippen MR) is 78.6 cm³/mol. The zero-order chi connectivity index (χ0) is 15.2. The highest BCUT2D eigenvalue weighted by molar-refractivity contribution is 6.02. The quantitative estimate of drug-likeness (QED) is 0.743. The molecule has 0 fully saturated rings. The molecule has 0 aliphatic carbocycles. The van der Waals surface area contributed by atoms with Gasteiger partial charge in [0.1, 0.15) is 5.60 Å². The van der Waals surface area contributed by atoms with E-state index in [1.165, 1.54) is 0 Å². The number of carbonyl (C=O) groups excluding carboxylic acids is 1. The van der Waals surface area contributed by atoms with E-state index in [1.54, 1.807) is 32.0 Å². The van der Waals surface area contributed by atoms with Crippen molar-refractivity contribution in [2.75, 3.05) is 13.2 Å². The Bertz CT molecular complexity index is 450. The maximum atomic E-state index is 12.4. The second-order valence-corrected chi connectivity index (χ2v) is 4.60. The molecule has 0 spiro atoms. The summed E-state index contributed by atoms with van der Waals surface area (Å²) in [6, 6.07) is 5.03. The van der Waals surface area contributed by atoms with Gasteiger partial charge >= 0.3 is 0 Å². The topological polar surface area (TPSA) is 55.8 Å². The minimum Gasteiger partial charge on any atom is -0.490 e. The smallest absolute Gasteiger partial charge is 0.194 e. The van der Waals surface area contributed by atoms with Crippen LogP contribution in [0.1, 0.15) is 50.9 Å². The van der Waals surface area contributed by atoms with Gasteiger partial charge in [-0.3, -0.25) is 4.79 Å². The van der Waals surface area contributed by atoms with E-state index < -0.39 is 5.60 Å². The van der Waals surface area contributed by atoms with Crippen LogP contribution in [0.4, 0.5) is 0 Å². The monoisotopic (exact) mass is 280 g/mol. The number of rotatable bonds is 8. The molecule has 1 N–H and O–H groups in total. The standard InChI is InChI=1S/C16H24O4/c1-5-16(18,6-2)15(17)12-9-10-13(19-7-3)14(11-12)20-8-4/h9-11,18H,5-8H2,1-4H3. The maximum absolute atomic E-state index is 12.4. The summed E-state index contributed by atoms with van der Waals surface area (Å²) in [5, 5.41) is 10.3. The van der Waals surface area contributed by atoms with Crippen molar-refractivity contribution in [1.82, 2.24) is 0 Å². The molecule has 0 atom stereocenters. The number of hydrogen-bond donors (Lipinski definition) is 1. The van der Waals surface area contributed by atoms with Crippen molar-refractivity contribution < 1.29 is 19.4 Å². The van der Waals surface area contributed by atoms with Gasteiger partial charge in [0.2, 0.25) is 0 Å². The van der Waals surface area contributed by atoms with E-state index in [0.717, 1.165) is 0 Å². The van der Waals surface area contributed by atoms with E-state index in [-0.39, 0.29) is 5.78 Å². The minimum absolute atomic E-state index is 0.272. The van der Waals surface area contributed by atoms with Gasteiger partial charge in [0, 0.05) is 5.56 Å². The second-order valence-electron chi connectivity index (χ2n) is 4.60. The fourth-order valence-corrected chi connectivity index (χ4v) is 2.03. The van der Waals surface area contributed by atoms with Crippen LogP contribution < -0.4 is 9.47 Å². The Morgan fingerprint density at radius 3 is 2.10 bits per heavy atom. The van der Waals surface area contributed by atoms with Gasteiger partial charge < -0.3 is 14.6 Å². The van der Waals surface area contributed by atoms with Crippen LogP contribution in [0.2, 0.25) is 0 Å². The van der Waals surface area contributed by atoms with Gasteiger partial charge in [0.15, 0.2) is 17.3 Å². The first-order valence-corrected chi connectivity index (χ1v) is 7.19. The molecule has 4 nitrogen and oxygen atoms in total. The summed E-state index contributed by atoms with van der Waals surface area (Å²) in [6.45, 7) is 8.39. The third-order valence-corrected chi connectivity index (χ3v) is 3.40. The van der Waals surface area contributed by atoms with E-state index in [4.69, 9.17) is 9.47 Å². The maximum Gasteiger partial charge on any atom is 0.194 e. The van der Waals surface area contributed by atoms with E-state index in [9.17, 15) is 9.90 Å². The number of carbonyl (C=O) groups is 1. The summed E-state index contributed by atoms with van der Waals surface area (Å²) in [5.41, 5.74) is -0.862. The van der Waals surface area contributed by atoms with Crippen LogP contribution in [0.5, 0.6) is 11.5 Å². The normalized spacial score (nSPS) is 11.2. The molecule has 4 heteroatoms. The summed E-state index contributed by atoms with van der Waals surface area (Å²) in [5.74, 6) is 0.878. The van der Waals surface area contributed by atoms with Crippen molar-refractivity contribution >= 4 is 5.78 Å². The molecule has 0 radical (unpaired) electrons. The second kappa shape index (κ2) is 7.29. The average molecular weight is 280 g/mol. The molecule has 1 aromatic rings. The number of aliphatic hydroxyl groups is 1. The van der Waals surface area contributed by atoms with Crippen molar-refractivity contribution in [2.45, 2.75) is 46.1 Å². The average Bonchev–Trinajstić information content (AvgIpc) is 2.48. The van der Waals surface area contributed by atoms with Gasteiger partial charge in [-0.05, 0) is 44.9 Å². The Kier molecular flexibility index (Phi) is 6.02. The summed E-state index contributed by atoms with van der Waals surface area (Å²) < 4.78 is 11.0. The van der Waals surface area contributed by atoms with Crippen LogP contribution in [-0.4, -0.2) is 29.7 Å². The van der Waals surface area contributed by atoms with Crippen molar-refractivity contribution in [1.29, 1.82) is 0 Å². The third kappa shape index (κ3) is 3.51. The van der Waals surface area contributed by atoms with Crippen LogP contribution in [0.25, 0.3) is 0 Å². The lowest BCUT2D eigenvalue weighted by Crippen LogP contribution is -2.37. The van der Waals surface area contributed by atoms with Gasteiger partial charge in [-0.15, -0.1) is 0 Å². The highest BCUT2D eigenvalue weighted by Gasteiger charge is 2.33. The fraction of sp³-hybridized carbons (Fsp3) is 0.562. The van der Waals surface area contributed by atoms with Crippen LogP contribution >= 0.6 is 0 Å². The molecular formula is C16H24O4. The van der Waals surface area contributed by atoms with Crippen molar-refractivity contribution in [3.8, 4) is 11.5 Å². The molecule has 0 bridgehead atoms. The van der Waals surface area contributed by atoms with Crippen molar-refractivity contribution in [3.05, 3.63) is 23.8 Å². The van der Waals surface area contributed by atoms with Crippen LogP contribution in [0.15, 0.2) is 18.2 Å². The lowest BCUT2D eigenvalue weighted by atomic mass is 9.88. The third-order valence-electron chi connectivity index (χ3n) is 3.40. The Hall–Kier alpha value is -1.55. The van der Waals surface area contributed by atoms with Crippen molar-refractivity contribution in [3.63, 3.8) is 0 Å². The van der Waals surface area contributed by atoms with Gasteiger partial charge in [-0.2, -0.15) is 0 Å². The van der Waals surface area contributed by atoms with Crippen LogP contribution in [0.3, 0.4) is 0 Å². The number of ether oxygens (including phenoxy) is 2. The fourth-order valence-electron chi connectivity index (χ4n) is 2.03.